The van der Waals surface area contributed by atoms with Crippen molar-refractivity contribution in [1.29, 1.82) is 0 Å². The molecule has 0 saturated heterocycles. The van der Waals surface area contributed by atoms with Gasteiger partial charge in [-0.05, 0) is 66.9 Å². The highest BCUT2D eigenvalue weighted by molar-refractivity contribution is 7.92. The summed E-state index contributed by atoms with van der Waals surface area (Å²) in [5.41, 5.74) is 3.50. The number of amides is 1. The minimum Gasteiger partial charge on any atom is -0.346 e. The SMILES string of the molecule is Cc1cccc(N(Cc2ccc(C(=O)N[C@@H](C)c3ccc(S(C)(=O)=O)cc3)cc2)S(C)(=O)=O)c1. The fourth-order valence-electron chi connectivity index (χ4n) is 3.48. The maximum absolute atomic E-state index is 12.7. The lowest BCUT2D eigenvalue weighted by atomic mass is 10.1. The van der Waals surface area contributed by atoms with Crippen LogP contribution < -0.4 is 9.62 Å². The van der Waals surface area contributed by atoms with E-state index in [4.69, 9.17) is 0 Å². The van der Waals surface area contributed by atoms with Crippen LogP contribution in [0.4, 0.5) is 5.69 Å². The average Bonchev–Trinajstić information content (AvgIpc) is 2.76. The summed E-state index contributed by atoms with van der Waals surface area (Å²) in [6.07, 6.45) is 2.31. The summed E-state index contributed by atoms with van der Waals surface area (Å²) in [4.78, 5) is 12.9. The number of rotatable bonds is 8. The molecule has 0 spiro atoms. The van der Waals surface area contributed by atoms with Crippen molar-refractivity contribution in [2.24, 2.45) is 0 Å². The van der Waals surface area contributed by atoms with Gasteiger partial charge in [-0.3, -0.25) is 9.10 Å². The second-order valence-electron chi connectivity index (χ2n) is 8.34. The molecule has 7 nitrogen and oxygen atoms in total. The van der Waals surface area contributed by atoms with Crippen LogP contribution in [0.25, 0.3) is 0 Å². The van der Waals surface area contributed by atoms with Crippen LogP contribution in [0, 0.1) is 6.92 Å². The third-order valence-electron chi connectivity index (χ3n) is 5.39. The van der Waals surface area contributed by atoms with Crippen LogP contribution >= 0.6 is 0 Å². The van der Waals surface area contributed by atoms with Crippen LogP contribution in [0.15, 0.2) is 77.7 Å². The predicted molar refractivity (Wildman–Crippen MR) is 134 cm³/mol. The first kappa shape index (κ1) is 25.5. The van der Waals surface area contributed by atoms with Gasteiger partial charge < -0.3 is 5.32 Å². The molecule has 0 aliphatic carbocycles. The first-order chi connectivity index (χ1) is 15.8. The van der Waals surface area contributed by atoms with E-state index in [1.165, 1.54) is 22.7 Å². The van der Waals surface area contributed by atoms with E-state index in [-0.39, 0.29) is 23.4 Å². The summed E-state index contributed by atoms with van der Waals surface area (Å²) in [5, 5.41) is 2.89. The van der Waals surface area contributed by atoms with E-state index in [2.05, 4.69) is 5.32 Å². The molecule has 1 atom stereocenters. The van der Waals surface area contributed by atoms with Crippen molar-refractivity contribution < 1.29 is 21.6 Å². The maximum atomic E-state index is 12.7. The van der Waals surface area contributed by atoms with Crippen LogP contribution in [-0.4, -0.2) is 35.3 Å². The zero-order chi connectivity index (χ0) is 25.1. The Labute approximate surface area is 201 Å². The molecule has 0 aliphatic heterocycles. The zero-order valence-electron chi connectivity index (χ0n) is 19.5. The van der Waals surface area contributed by atoms with Crippen LogP contribution in [0.2, 0.25) is 0 Å². The van der Waals surface area contributed by atoms with Gasteiger partial charge in [0.2, 0.25) is 10.0 Å². The number of hydrogen-bond donors (Lipinski definition) is 1. The van der Waals surface area contributed by atoms with Crippen molar-refractivity contribution >= 4 is 31.5 Å². The molecule has 3 rings (SSSR count). The van der Waals surface area contributed by atoms with Gasteiger partial charge in [0, 0.05) is 11.8 Å². The van der Waals surface area contributed by atoms with E-state index in [0.717, 1.165) is 22.9 Å². The Morgan fingerprint density at radius 2 is 1.53 bits per heavy atom. The number of benzene rings is 3. The second-order valence-corrected chi connectivity index (χ2v) is 12.3. The Morgan fingerprint density at radius 3 is 2.06 bits per heavy atom. The van der Waals surface area contributed by atoms with E-state index in [1.807, 2.05) is 32.0 Å². The van der Waals surface area contributed by atoms with Crippen molar-refractivity contribution in [3.05, 3.63) is 95.1 Å². The first-order valence-electron chi connectivity index (χ1n) is 10.6. The number of sulfonamides is 1. The molecule has 0 aliphatic rings. The number of anilines is 1. The molecule has 34 heavy (non-hydrogen) atoms. The van der Waals surface area contributed by atoms with Crippen molar-refractivity contribution in [3.8, 4) is 0 Å². The zero-order valence-corrected chi connectivity index (χ0v) is 21.2. The van der Waals surface area contributed by atoms with Gasteiger partial charge in [-0.1, -0.05) is 36.4 Å². The smallest absolute Gasteiger partial charge is 0.251 e. The van der Waals surface area contributed by atoms with Gasteiger partial charge in [-0.25, -0.2) is 16.8 Å². The molecule has 3 aromatic carbocycles. The van der Waals surface area contributed by atoms with Crippen molar-refractivity contribution in [3.63, 3.8) is 0 Å². The minimum atomic E-state index is -3.50. The van der Waals surface area contributed by atoms with Gasteiger partial charge in [0.25, 0.3) is 5.91 Å². The topological polar surface area (TPSA) is 101 Å². The van der Waals surface area contributed by atoms with Crippen molar-refractivity contribution in [2.75, 3.05) is 16.8 Å². The molecule has 0 radical (unpaired) electrons. The van der Waals surface area contributed by atoms with Gasteiger partial charge in [-0.2, -0.15) is 0 Å². The van der Waals surface area contributed by atoms with Gasteiger partial charge in [0.1, 0.15) is 0 Å². The molecular weight excluding hydrogens is 472 g/mol. The Balaban J connectivity index is 1.71. The molecule has 1 N–H and O–H groups in total. The summed E-state index contributed by atoms with van der Waals surface area (Å²) in [6, 6.07) is 20.1. The summed E-state index contributed by atoms with van der Waals surface area (Å²) < 4.78 is 49.3. The molecule has 9 heteroatoms. The third kappa shape index (κ3) is 6.45. The summed E-state index contributed by atoms with van der Waals surface area (Å²) in [5.74, 6) is -0.287. The van der Waals surface area contributed by atoms with Crippen LogP contribution in [0.5, 0.6) is 0 Å². The number of nitrogens with zero attached hydrogens (tertiary/aromatic N) is 1. The monoisotopic (exact) mass is 500 g/mol. The molecule has 0 heterocycles. The van der Waals surface area contributed by atoms with E-state index >= 15 is 0 Å². The Morgan fingerprint density at radius 1 is 0.912 bits per heavy atom. The summed E-state index contributed by atoms with van der Waals surface area (Å²) >= 11 is 0. The molecular formula is C25H28N2O5S2. The number of aryl methyl sites for hydroxylation is 1. The normalized spacial score (nSPS) is 12.7. The van der Waals surface area contributed by atoms with Gasteiger partial charge in [-0.15, -0.1) is 0 Å². The molecule has 0 fully saturated rings. The third-order valence-corrected chi connectivity index (χ3v) is 7.66. The van der Waals surface area contributed by atoms with Gasteiger partial charge in [0.15, 0.2) is 9.84 Å². The van der Waals surface area contributed by atoms with E-state index < -0.39 is 19.9 Å². The Kier molecular flexibility index (Phi) is 7.48. The van der Waals surface area contributed by atoms with E-state index in [9.17, 15) is 21.6 Å². The number of carbonyl (C=O) groups excluding carboxylic acids is 1. The fraction of sp³-hybridized carbons (Fsp3) is 0.240. The Bertz CT molecular complexity index is 1380. The average molecular weight is 501 g/mol. The van der Waals surface area contributed by atoms with Gasteiger partial charge >= 0.3 is 0 Å². The number of carbonyl (C=O) groups is 1. The van der Waals surface area contributed by atoms with Crippen LogP contribution in [0.3, 0.4) is 0 Å². The molecule has 0 unspecified atom stereocenters. The lowest BCUT2D eigenvalue weighted by molar-refractivity contribution is 0.0940. The van der Waals surface area contributed by atoms with Crippen molar-refractivity contribution in [2.45, 2.75) is 31.3 Å². The molecule has 180 valence electrons. The number of nitrogens with one attached hydrogen (secondary N) is 1. The lowest BCUT2D eigenvalue weighted by Crippen LogP contribution is -2.29. The standard InChI is InChI=1S/C25H28N2O5S2/c1-18-6-5-7-23(16-18)27(34(4,31)32)17-20-8-10-22(11-9-20)25(28)26-19(2)21-12-14-24(15-13-21)33(3,29)30/h5-16,19H,17H2,1-4H3,(H,26,28)/t19-/m0/s1. The molecule has 0 saturated carbocycles. The minimum absolute atomic E-state index is 0.146. The lowest BCUT2D eigenvalue weighted by Gasteiger charge is -2.23. The molecule has 0 bridgehead atoms. The van der Waals surface area contributed by atoms with Crippen molar-refractivity contribution in [1.82, 2.24) is 5.32 Å². The number of hydrogen-bond acceptors (Lipinski definition) is 5. The second kappa shape index (κ2) is 9.99. The molecule has 1 amide bonds. The Hall–Kier alpha value is -3.17. The number of sulfone groups is 1. The van der Waals surface area contributed by atoms with Crippen LogP contribution in [0.1, 0.15) is 40.0 Å². The van der Waals surface area contributed by atoms with Crippen LogP contribution in [-0.2, 0) is 26.4 Å². The highest BCUT2D eigenvalue weighted by atomic mass is 32.2. The quantitative estimate of drug-likeness (QED) is 0.506. The maximum Gasteiger partial charge on any atom is 0.251 e. The van der Waals surface area contributed by atoms with E-state index in [0.29, 0.717) is 11.3 Å². The molecule has 3 aromatic rings. The largest absolute Gasteiger partial charge is 0.346 e. The highest BCUT2D eigenvalue weighted by Crippen LogP contribution is 2.22. The van der Waals surface area contributed by atoms with E-state index in [1.54, 1.807) is 42.5 Å². The predicted octanol–water partition coefficient (Wildman–Crippen LogP) is 3.86. The van der Waals surface area contributed by atoms with Gasteiger partial charge in [0.05, 0.1) is 29.4 Å². The summed E-state index contributed by atoms with van der Waals surface area (Å²) in [6.45, 7) is 3.86. The first-order valence-corrected chi connectivity index (χ1v) is 14.3. The fourth-order valence-corrected chi connectivity index (χ4v) is 4.99. The molecule has 0 aromatic heterocycles. The summed E-state index contributed by atoms with van der Waals surface area (Å²) in [7, 11) is -6.78. The highest BCUT2D eigenvalue weighted by Gasteiger charge is 2.19.